The largest absolute Gasteiger partial charge is 0.493 e. The van der Waals surface area contributed by atoms with Crippen LogP contribution < -0.4 is 19.8 Å². The normalized spacial score (nSPS) is 14.7. The van der Waals surface area contributed by atoms with Gasteiger partial charge in [0.1, 0.15) is 5.58 Å². The number of carbonyl (C=O) groups excluding carboxylic acids is 1. The molecule has 0 saturated heterocycles. The lowest BCUT2D eigenvalue weighted by Crippen LogP contribution is -2.29. The molecule has 3 aromatic carbocycles. The van der Waals surface area contributed by atoms with E-state index in [4.69, 9.17) is 25.5 Å². The van der Waals surface area contributed by atoms with Crippen molar-refractivity contribution in [3.8, 4) is 11.5 Å². The van der Waals surface area contributed by atoms with Crippen LogP contribution in [-0.2, 0) is 0 Å². The fourth-order valence-electron chi connectivity index (χ4n) is 4.94. The van der Waals surface area contributed by atoms with Crippen LogP contribution in [0.4, 0.5) is 5.69 Å². The molecule has 0 fully saturated rings. The fraction of sp³-hybridized carbons (Fsp3) is 0.290. The number of rotatable bonds is 8. The average molecular weight is 532 g/mol. The van der Waals surface area contributed by atoms with E-state index in [1.54, 1.807) is 36.3 Å². The van der Waals surface area contributed by atoms with Crippen molar-refractivity contribution in [1.29, 1.82) is 0 Å². The summed E-state index contributed by atoms with van der Waals surface area (Å²) in [5.74, 6) is 0.781. The van der Waals surface area contributed by atoms with Gasteiger partial charge in [0.15, 0.2) is 16.9 Å². The van der Waals surface area contributed by atoms with Gasteiger partial charge in [-0.1, -0.05) is 43.5 Å². The summed E-state index contributed by atoms with van der Waals surface area (Å²) in [7, 11) is 1.58. The summed E-state index contributed by atoms with van der Waals surface area (Å²) in [5, 5.41) is 0.926. The zero-order chi connectivity index (χ0) is 27.0. The van der Waals surface area contributed by atoms with Gasteiger partial charge < -0.3 is 13.9 Å². The third-order valence-electron chi connectivity index (χ3n) is 7.08. The van der Waals surface area contributed by atoms with E-state index in [1.807, 2.05) is 44.2 Å². The van der Waals surface area contributed by atoms with Crippen molar-refractivity contribution in [1.82, 2.24) is 0 Å². The molecule has 1 unspecified atom stereocenters. The van der Waals surface area contributed by atoms with Crippen molar-refractivity contribution < 1.29 is 18.7 Å². The van der Waals surface area contributed by atoms with Gasteiger partial charge in [-0.2, -0.15) is 0 Å². The third-order valence-corrected chi connectivity index (χ3v) is 7.32. The molecule has 4 aromatic rings. The monoisotopic (exact) mass is 531 g/mol. The van der Waals surface area contributed by atoms with Crippen molar-refractivity contribution in [2.45, 2.75) is 46.1 Å². The summed E-state index contributed by atoms with van der Waals surface area (Å²) in [5.41, 5.74) is 3.68. The average Bonchev–Trinajstić information content (AvgIpc) is 3.20. The van der Waals surface area contributed by atoms with Crippen LogP contribution in [0.5, 0.6) is 11.5 Å². The molecule has 1 aromatic heterocycles. The molecular weight excluding hydrogens is 502 g/mol. The minimum absolute atomic E-state index is 0.0367. The summed E-state index contributed by atoms with van der Waals surface area (Å²) in [6.45, 7) is 6.62. The Kier molecular flexibility index (Phi) is 7.17. The Bertz CT molecular complexity index is 1590. The molecule has 38 heavy (non-hydrogen) atoms. The van der Waals surface area contributed by atoms with E-state index in [2.05, 4.69) is 6.92 Å². The number of ether oxygens (including phenoxy) is 2. The van der Waals surface area contributed by atoms with Gasteiger partial charge in [-0.25, -0.2) is 0 Å². The Morgan fingerprint density at radius 1 is 0.974 bits per heavy atom. The summed E-state index contributed by atoms with van der Waals surface area (Å²) < 4.78 is 17.8. The Hall–Kier alpha value is -3.77. The molecule has 1 atom stereocenters. The first-order valence-electron chi connectivity index (χ1n) is 12.8. The van der Waals surface area contributed by atoms with Gasteiger partial charge in [0, 0.05) is 10.7 Å². The first-order chi connectivity index (χ1) is 18.3. The first-order valence-corrected chi connectivity index (χ1v) is 13.2. The number of fused-ring (bicyclic) bond motifs is 2. The third kappa shape index (κ3) is 4.54. The summed E-state index contributed by atoms with van der Waals surface area (Å²) in [6, 6.07) is 15.4. The van der Waals surface area contributed by atoms with Crippen LogP contribution in [0.3, 0.4) is 0 Å². The molecule has 1 aliphatic heterocycles. The molecular formula is C31H30ClNO5. The standard InChI is InChI=1S/C31H30ClNO5/c1-5-6-7-13-37-24-12-11-20(16-26(24)36-4)28-27-29(34)23-14-18(2)19(3)15-25(23)38-30(27)31(35)33(28)22-10-8-9-21(32)17-22/h8-12,14-17,28H,5-7,13H2,1-4H3. The van der Waals surface area contributed by atoms with E-state index in [-0.39, 0.29) is 11.2 Å². The minimum Gasteiger partial charge on any atom is -0.493 e. The number of methoxy groups -OCH3 is 1. The predicted octanol–water partition coefficient (Wildman–Crippen LogP) is 7.39. The van der Waals surface area contributed by atoms with Crippen LogP contribution in [-0.4, -0.2) is 19.6 Å². The second-order valence-corrected chi connectivity index (χ2v) is 10.1. The predicted molar refractivity (Wildman–Crippen MR) is 150 cm³/mol. The van der Waals surface area contributed by atoms with E-state index in [1.165, 1.54) is 0 Å². The molecule has 5 rings (SSSR count). The minimum atomic E-state index is -0.735. The van der Waals surface area contributed by atoms with Gasteiger partial charge in [0.2, 0.25) is 5.76 Å². The summed E-state index contributed by atoms with van der Waals surface area (Å²) in [4.78, 5) is 29.4. The second-order valence-electron chi connectivity index (χ2n) is 9.63. The quantitative estimate of drug-likeness (QED) is 0.222. The molecule has 0 bridgehead atoms. The SMILES string of the molecule is CCCCCOc1ccc(C2c3c(oc4cc(C)c(C)cc4c3=O)C(=O)N2c2cccc(Cl)c2)cc1OC. The van der Waals surface area contributed by atoms with Crippen molar-refractivity contribution in [3.63, 3.8) is 0 Å². The molecule has 2 heterocycles. The van der Waals surface area contributed by atoms with E-state index in [9.17, 15) is 9.59 Å². The van der Waals surface area contributed by atoms with Crippen LogP contribution in [0.25, 0.3) is 11.0 Å². The number of amides is 1. The van der Waals surface area contributed by atoms with Gasteiger partial charge in [-0.3, -0.25) is 14.5 Å². The second kappa shape index (κ2) is 10.5. The molecule has 196 valence electrons. The van der Waals surface area contributed by atoms with E-state index < -0.39 is 11.9 Å². The van der Waals surface area contributed by atoms with Crippen molar-refractivity contribution in [2.75, 3.05) is 18.6 Å². The fourth-order valence-corrected chi connectivity index (χ4v) is 5.13. The smallest absolute Gasteiger partial charge is 0.295 e. The van der Waals surface area contributed by atoms with Gasteiger partial charge >= 0.3 is 0 Å². The van der Waals surface area contributed by atoms with E-state index >= 15 is 0 Å². The van der Waals surface area contributed by atoms with Gasteiger partial charge in [0.25, 0.3) is 5.91 Å². The molecule has 0 radical (unpaired) electrons. The zero-order valence-corrected chi connectivity index (χ0v) is 22.7. The summed E-state index contributed by atoms with van der Waals surface area (Å²) in [6.07, 6.45) is 3.13. The topological polar surface area (TPSA) is 69.0 Å². The molecule has 0 aliphatic carbocycles. The molecule has 1 amide bonds. The molecule has 0 spiro atoms. The molecule has 1 aliphatic rings. The lowest BCUT2D eigenvalue weighted by atomic mass is 9.97. The maximum Gasteiger partial charge on any atom is 0.295 e. The van der Waals surface area contributed by atoms with E-state index in [0.29, 0.717) is 50.9 Å². The number of halogens is 1. The number of nitrogens with zero attached hydrogens (tertiary/aromatic N) is 1. The lowest BCUT2D eigenvalue weighted by Gasteiger charge is -2.26. The Morgan fingerprint density at radius 3 is 2.50 bits per heavy atom. The maximum absolute atomic E-state index is 14.0. The van der Waals surface area contributed by atoms with Crippen LogP contribution >= 0.6 is 11.6 Å². The molecule has 0 N–H and O–H groups in total. The maximum atomic E-state index is 14.0. The number of hydrogen-bond donors (Lipinski definition) is 0. The highest BCUT2D eigenvalue weighted by Crippen LogP contribution is 2.43. The van der Waals surface area contributed by atoms with Gasteiger partial charge in [0.05, 0.1) is 30.7 Å². The highest BCUT2D eigenvalue weighted by Gasteiger charge is 2.44. The van der Waals surface area contributed by atoms with Gasteiger partial charge in [-0.15, -0.1) is 0 Å². The molecule has 6 nitrogen and oxygen atoms in total. The summed E-state index contributed by atoms with van der Waals surface area (Å²) >= 11 is 6.31. The Morgan fingerprint density at radius 2 is 1.76 bits per heavy atom. The van der Waals surface area contributed by atoms with Crippen LogP contribution in [0.1, 0.15) is 65.0 Å². The van der Waals surface area contributed by atoms with E-state index in [0.717, 1.165) is 30.4 Å². The van der Waals surface area contributed by atoms with Crippen molar-refractivity contribution >= 4 is 34.2 Å². The molecule has 0 saturated carbocycles. The number of benzene rings is 3. The number of hydrogen-bond acceptors (Lipinski definition) is 5. The van der Waals surface area contributed by atoms with Crippen molar-refractivity contribution in [3.05, 3.63) is 97.9 Å². The lowest BCUT2D eigenvalue weighted by molar-refractivity contribution is 0.0971. The Balaban J connectivity index is 1.69. The van der Waals surface area contributed by atoms with Crippen LogP contribution in [0.2, 0.25) is 5.02 Å². The zero-order valence-electron chi connectivity index (χ0n) is 22.0. The van der Waals surface area contributed by atoms with Crippen molar-refractivity contribution in [2.24, 2.45) is 0 Å². The number of unbranched alkanes of at least 4 members (excludes halogenated alkanes) is 2. The Labute approximate surface area is 226 Å². The number of aryl methyl sites for hydroxylation is 2. The number of carbonyl (C=O) groups is 1. The van der Waals surface area contributed by atoms with Gasteiger partial charge in [-0.05, 0) is 79.4 Å². The highest BCUT2D eigenvalue weighted by atomic mass is 35.5. The molecule has 7 heteroatoms. The highest BCUT2D eigenvalue weighted by molar-refractivity contribution is 6.31. The van der Waals surface area contributed by atoms with Crippen LogP contribution in [0, 0.1) is 13.8 Å². The first kappa shape index (κ1) is 25.9. The number of anilines is 1. The van der Waals surface area contributed by atoms with Crippen LogP contribution in [0.15, 0.2) is 63.8 Å².